The van der Waals surface area contributed by atoms with Crippen molar-refractivity contribution in [3.05, 3.63) is 72.4 Å². The van der Waals surface area contributed by atoms with Crippen LogP contribution in [0.5, 0.6) is 0 Å². The average Bonchev–Trinajstić information content (AvgIpc) is 3.07. The van der Waals surface area contributed by atoms with Crippen LogP contribution in [0.25, 0.3) is 16.9 Å². The lowest BCUT2D eigenvalue weighted by Gasteiger charge is -2.00. The third kappa shape index (κ3) is 3.49. The zero-order valence-corrected chi connectivity index (χ0v) is 13.1. The molecular formula is C18H16N4O2. The molecule has 2 aromatic carbocycles. The first-order valence-corrected chi connectivity index (χ1v) is 7.35. The van der Waals surface area contributed by atoms with Gasteiger partial charge in [0.1, 0.15) is 5.69 Å². The van der Waals surface area contributed by atoms with Crippen LogP contribution in [0, 0.1) is 0 Å². The van der Waals surface area contributed by atoms with Gasteiger partial charge in [0, 0.05) is 17.3 Å². The van der Waals surface area contributed by atoms with Crippen LogP contribution in [-0.4, -0.2) is 29.2 Å². The molecule has 1 aromatic heterocycles. The van der Waals surface area contributed by atoms with Crippen molar-refractivity contribution in [2.45, 2.75) is 0 Å². The topological polar surface area (TPSA) is 68.5 Å². The number of nitrogens with one attached hydrogen (secondary N) is 1. The van der Waals surface area contributed by atoms with Gasteiger partial charge in [-0.3, -0.25) is 0 Å². The first kappa shape index (κ1) is 15.5. The smallest absolute Gasteiger partial charge is 0.427 e. The van der Waals surface area contributed by atoms with E-state index in [9.17, 15) is 4.79 Å². The highest BCUT2D eigenvalue weighted by atomic mass is 16.5. The second-order valence-corrected chi connectivity index (χ2v) is 4.94. The molecule has 0 saturated carbocycles. The molecule has 3 rings (SSSR count). The number of aromatic nitrogens is 2. The molecule has 3 aromatic rings. The van der Waals surface area contributed by atoms with Crippen molar-refractivity contribution in [1.29, 1.82) is 0 Å². The summed E-state index contributed by atoms with van der Waals surface area (Å²) in [7, 11) is 1.29. The van der Waals surface area contributed by atoms with Crippen LogP contribution in [-0.2, 0) is 4.74 Å². The summed E-state index contributed by atoms with van der Waals surface area (Å²) in [5.41, 5.74) is 5.74. The summed E-state index contributed by atoms with van der Waals surface area (Å²) in [6.45, 7) is 0. The highest BCUT2D eigenvalue weighted by molar-refractivity contribution is 5.89. The number of hydrogen-bond donors (Lipinski definition) is 1. The van der Waals surface area contributed by atoms with E-state index in [2.05, 4.69) is 20.4 Å². The first-order valence-electron chi connectivity index (χ1n) is 7.35. The van der Waals surface area contributed by atoms with E-state index in [1.54, 1.807) is 10.9 Å². The Bertz CT molecular complexity index is 842. The van der Waals surface area contributed by atoms with Gasteiger partial charge >= 0.3 is 6.09 Å². The maximum atomic E-state index is 11.1. The SMILES string of the molecule is COC(=O)N/N=C\c1cn(-c2ccccc2)nc1-c1ccccc1. The first-order chi connectivity index (χ1) is 11.8. The second-order valence-electron chi connectivity index (χ2n) is 4.94. The summed E-state index contributed by atoms with van der Waals surface area (Å²) in [5, 5.41) is 8.55. The molecule has 0 aliphatic rings. The van der Waals surface area contributed by atoms with Gasteiger partial charge in [0.15, 0.2) is 0 Å². The van der Waals surface area contributed by atoms with Crippen LogP contribution in [0.2, 0.25) is 0 Å². The fraction of sp³-hybridized carbons (Fsp3) is 0.0556. The van der Waals surface area contributed by atoms with E-state index in [1.807, 2.05) is 66.9 Å². The highest BCUT2D eigenvalue weighted by Gasteiger charge is 2.10. The monoisotopic (exact) mass is 320 g/mol. The zero-order chi connectivity index (χ0) is 16.8. The Hall–Kier alpha value is -3.41. The molecule has 6 nitrogen and oxygen atoms in total. The molecule has 1 heterocycles. The Morgan fingerprint density at radius 1 is 1.12 bits per heavy atom. The van der Waals surface area contributed by atoms with E-state index in [4.69, 9.17) is 0 Å². The largest absolute Gasteiger partial charge is 0.452 e. The molecule has 0 unspecified atom stereocenters. The third-order valence-corrected chi connectivity index (χ3v) is 3.36. The number of hydrazone groups is 1. The number of hydrogen-bond acceptors (Lipinski definition) is 4. The van der Waals surface area contributed by atoms with Gasteiger partial charge in [-0.2, -0.15) is 10.2 Å². The van der Waals surface area contributed by atoms with E-state index in [0.29, 0.717) is 0 Å². The van der Waals surface area contributed by atoms with Crippen LogP contribution in [0.1, 0.15) is 5.56 Å². The summed E-state index contributed by atoms with van der Waals surface area (Å²) in [4.78, 5) is 11.1. The summed E-state index contributed by atoms with van der Waals surface area (Å²) >= 11 is 0. The fourth-order valence-electron chi connectivity index (χ4n) is 2.22. The molecule has 0 aliphatic carbocycles. The second kappa shape index (κ2) is 7.23. The Morgan fingerprint density at radius 2 is 1.79 bits per heavy atom. The molecule has 0 fully saturated rings. The summed E-state index contributed by atoms with van der Waals surface area (Å²) < 4.78 is 6.27. The van der Waals surface area contributed by atoms with Crippen molar-refractivity contribution in [2.75, 3.05) is 7.11 Å². The van der Waals surface area contributed by atoms with Gasteiger partial charge in [0.2, 0.25) is 0 Å². The molecule has 0 radical (unpaired) electrons. The van der Waals surface area contributed by atoms with Crippen LogP contribution >= 0.6 is 0 Å². The van der Waals surface area contributed by atoms with E-state index < -0.39 is 6.09 Å². The number of methoxy groups -OCH3 is 1. The van der Waals surface area contributed by atoms with E-state index in [0.717, 1.165) is 22.5 Å². The number of ether oxygens (including phenoxy) is 1. The number of rotatable bonds is 4. The molecule has 1 N–H and O–H groups in total. The number of benzene rings is 2. The van der Waals surface area contributed by atoms with E-state index in [-0.39, 0.29) is 0 Å². The van der Waals surface area contributed by atoms with Gasteiger partial charge in [0.05, 0.1) is 19.0 Å². The molecule has 0 atom stereocenters. The van der Waals surface area contributed by atoms with Gasteiger partial charge in [0.25, 0.3) is 0 Å². The lowest BCUT2D eigenvalue weighted by molar-refractivity contribution is 0.171. The van der Waals surface area contributed by atoms with E-state index in [1.165, 1.54) is 7.11 Å². The molecule has 0 spiro atoms. The lowest BCUT2D eigenvalue weighted by atomic mass is 10.1. The lowest BCUT2D eigenvalue weighted by Crippen LogP contribution is -2.16. The van der Waals surface area contributed by atoms with Crippen molar-refractivity contribution in [1.82, 2.24) is 15.2 Å². The minimum Gasteiger partial charge on any atom is -0.452 e. The molecule has 1 amide bonds. The Kier molecular flexibility index (Phi) is 4.67. The molecule has 0 aliphatic heterocycles. The molecule has 24 heavy (non-hydrogen) atoms. The molecule has 6 heteroatoms. The fourth-order valence-corrected chi connectivity index (χ4v) is 2.22. The summed E-state index contributed by atoms with van der Waals surface area (Å²) in [6.07, 6.45) is 2.79. The number of carbonyl (C=O) groups is 1. The average molecular weight is 320 g/mol. The molecule has 0 bridgehead atoms. The molecule has 0 saturated heterocycles. The number of carbonyl (C=O) groups excluding carboxylic acids is 1. The van der Waals surface area contributed by atoms with Crippen molar-refractivity contribution in [3.8, 4) is 16.9 Å². The van der Waals surface area contributed by atoms with Gasteiger partial charge < -0.3 is 4.74 Å². The number of amides is 1. The van der Waals surface area contributed by atoms with Crippen molar-refractivity contribution < 1.29 is 9.53 Å². The highest BCUT2D eigenvalue weighted by Crippen LogP contribution is 2.22. The molecular weight excluding hydrogens is 304 g/mol. The number of nitrogens with zero attached hydrogens (tertiary/aromatic N) is 3. The summed E-state index contributed by atoms with van der Waals surface area (Å²) in [6, 6.07) is 19.6. The van der Waals surface area contributed by atoms with Crippen LogP contribution < -0.4 is 5.43 Å². The van der Waals surface area contributed by atoms with Crippen LogP contribution in [0.3, 0.4) is 0 Å². The van der Waals surface area contributed by atoms with E-state index >= 15 is 0 Å². The van der Waals surface area contributed by atoms with Crippen molar-refractivity contribution >= 4 is 12.3 Å². The minimum atomic E-state index is -0.622. The van der Waals surface area contributed by atoms with Gasteiger partial charge in [-0.25, -0.2) is 14.9 Å². The summed E-state index contributed by atoms with van der Waals surface area (Å²) in [5.74, 6) is 0. The zero-order valence-electron chi connectivity index (χ0n) is 13.1. The maximum absolute atomic E-state index is 11.1. The quantitative estimate of drug-likeness (QED) is 0.593. The standard InChI is InChI=1S/C18H16N4O2/c1-24-18(23)20-19-12-15-13-22(16-10-6-3-7-11-16)21-17(15)14-8-4-2-5-9-14/h2-13H,1H3,(H,20,23)/b19-12-. The Balaban J connectivity index is 1.99. The normalized spacial score (nSPS) is 10.7. The van der Waals surface area contributed by atoms with Crippen molar-refractivity contribution in [3.63, 3.8) is 0 Å². The van der Waals surface area contributed by atoms with Crippen LogP contribution in [0.4, 0.5) is 4.79 Å². The van der Waals surface area contributed by atoms with Crippen molar-refractivity contribution in [2.24, 2.45) is 5.10 Å². The predicted octanol–water partition coefficient (Wildman–Crippen LogP) is 3.23. The van der Waals surface area contributed by atoms with Gasteiger partial charge in [-0.1, -0.05) is 48.5 Å². The van der Waals surface area contributed by atoms with Crippen LogP contribution in [0.15, 0.2) is 72.0 Å². The predicted molar refractivity (Wildman–Crippen MR) is 92.1 cm³/mol. The Labute approximate surface area is 139 Å². The minimum absolute atomic E-state index is 0.622. The third-order valence-electron chi connectivity index (χ3n) is 3.36. The molecule has 120 valence electrons. The maximum Gasteiger partial charge on any atom is 0.427 e. The van der Waals surface area contributed by atoms with Gasteiger partial charge in [-0.15, -0.1) is 0 Å². The van der Waals surface area contributed by atoms with Gasteiger partial charge in [-0.05, 0) is 12.1 Å². The number of para-hydroxylation sites is 1. The Morgan fingerprint density at radius 3 is 2.46 bits per heavy atom.